The Bertz CT molecular complexity index is 489. The van der Waals surface area contributed by atoms with Crippen LogP contribution in [0.3, 0.4) is 0 Å². The van der Waals surface area contributed by atoms with Crippen molar-refractivity contribution in [1.29, 1.82) is 0 Å². The molecule has 0 atom stereocenters. The van der Waals surface area contributed by atoms with Gasteiger partial charge in [-0.1, -0.05) is 36.4 Å². The lowest BCUT2D eigenvalue weighted by molar-refractivity contribution is -0.128. The first-order valence-electron chi connectivity index (χ1n) is 5.40. The molecule has 0 amide bonds. The first-order chi connectivity index (χ1) is 8.28. The summed E-state index contributed by atoms with van der Waals surface area (Å²) in [7, 11) is 0. The van der Waals surface area contributed by atoms with E-state index >= 15 is 0 Å². The number of rotatable bonds is 3. The second-order valence-electron chi connectivity index (χ2n) is 3.82. The summed E-state index contributed by atoms with van der Waals surface area (Å²) in [5.74, 6) is 2.19. The van der Waals surface area contributed by atoms with Crippen LogP contribution in [0.25, 0.3) is 0 Å². The van der Waals surface area contributed by atoms with Gasteiger partial charge in [-0.2, -0.15) is 0 Å². The number of hydrogen-bond acceptors (Lipinski definition) is 2. The van der Waals surface area contributed by atoms with Crippen LogP contribution in [0.15, 0.2) is 48.6 Å². The van der Waals surface area contributed by atoms with Crippen LogP contribution in [0.4, 0.5) is 0 Å². The van der Waals surface area contributed by atoms with E-state index in [0.29, 0.717) is 11.7 Å². The molecule has 0 spiro atoms. The molecule has 0 heterocycles. The molecule has 0 saturated heterocycles. The van der Waals surface area contributed by atoms with Crippen molar-refractivity contribution in [3.8, 4) is 18.1 Å². The average Bonchev–Trinajstić information content (AvgIpc) is 2.84. The number of terminal acetylenes is 1. The van der Waals surface area contributed by atoms with E-state index in [1.165, 1.54) is 5.56 Å². The second kappa shape index (κ2) is 5.18. The molecule has 1 aliphatic carbocycles. The fraction of sp³-hybridized carbons (Fsp3) is 0.133. The zero-order chi connectivity index (χ0) is 12.1. The third kappa shape index (κ3) is 3.09. The van der Waals surface area contributed by atoms with Crippen LogP contribution >= 0.6 is 0 Å². The number of carbonyl (C=O) groups is 1. The Labute approximate surface area is 101 Å². The Balaban J connectivity index is 1.98. The van der Waals surface area contributed by atoms with Gasteiger partial charge in [0.15, 0.2) is 0 Å². The topological polar surface area (TPSA) is 26.3 Å². The van der Waals surface area contributed by atoms with E-state index in [0.717, 1.165) is 6.42 Å². The first kappa shape index (κ1) is 11.2. The minimum absolute atomic E-state index is 0.467. The molecular weight excluding hydrogens is 212 g/mol. The summed E-state index contributed by atoms with van der Waals surface area (Å²) in [5, 5.41) is 0. The summed E-state index contributed by atoms with van der Waals surface area (Å²) >= 11 is 0. The third-order valence-corrected chi connectivity index (χ3v) is 2.55. The number of ether oxygens (including phenoxy) is 1. The van der Waals surface area contributed by atoms with E-state index in [4.69, 9.17) is 11.2 Å². The summed E-state index contributed by atoms with van der Waals surface area (Å²) in [6.07, 6.45) is 14.3. The Kier molecular flexibility index (Phi) is 3.42. The molecule has 17 heavy (non-hydrogen) atoms. The Hall–Kier alpha value is -2.27. The lowest BCUT2D eigenvalue weighted by Crippen LogP contribution is -2.04. The molecule has 0 radical (unpaired) electrons. The minimum atomic E-state index is -0.667. The summed E-state index contributed by atoms with van der Waals surface area (Å²) in [6, 6.07) is 7.40. The first-order valence-corrected chi connectivity index (χ1v) is 5.40. The van der Waals surface area contributed by atoms with Crippen molar-refractivity contribution >= 4 is 5.97 Å². The fourth-order valence-electron chi connectivity index (χ4n) is 1.72. The number of esters is 1. The lowest BCUT2D eigenvalue weighted by atomic mass is 10.0. The maximum atomic E-state index is 10.9. The van der Waals surface area contributed by atoms with Crippen molar-refractivity contribution in [1.82, 2.24) is 0 Å². The quantitative estimate of drug-likeness (QED) is 0.341. The van der Waals surface area contributed by atoms with E-state index in [1.54, 1.807) is 12.1 Å². The molecule has 2 nitrogen and oxygen atoms in total. The normalized spacial score (nSPS) is 13.6. The summed E-state index contributed by atoms with van der Waals surface area (Å²) in [5.41, 5.74) is 1.20. The number of benzene rings is 1. The van der Waals surface area contributed by atoms with Crippen LogP contribution in [0.1, 0.15) is 5.56 Å². The van der Waals surface area contributed by atoms with E-state index in [9.17, 15) is 4.79 Å². The van der Waals surface area contributed by atoms with Crippen LogP contribution in [0.2, 0.25) is 0 Å². The van der Waals surface area contributed by atoms with E-state index in [1.807, 2.05) is 30.2 Å². The minimum Gasteiger partial charge on any atom is -0.417 e. The number of allylic oxidation sites excluding steroid dienone is 4. The molecule has 2 heteroatoms. The van der Waals surface area contributed by atoms with Gasteiger partial charge in [0.05, 0.1) is 0 Å². The largest absolute Gasteiger partial charge is 0.417 e. The van der Waals surface area contributed by atoms with Gasteiger partial charge < -0.3 is 4.74 Å². The summed E-state index contributed by atoms with van der Waals surface area (Å²) in [4.78, 5) is 10.9. The fourth-order valence-corrected chi connectivity index (χ4v) is 1.72. The smallest absolute Gasteiger partial charge is 0.389 e. The SMILES string of the molecule is C#CC(=O)Oc1ccc(CC2C=CC=C2)cc1. The predicted molar refractivity (Wildman–Crippen MR) is 66.4 cm³/mol. The standard InChI is InChI=1S/C15H12O2/c1-2-15(16)17-14-9-7-13(8-10-14)11-12-5-3-4-6-12/h1,3-10,12H,11H2. The van der Waals surface area contributed by atoms with Crippen LogP contribution in [0.5, 0.6) is 5.75 Å². The number of carbonyl (C=O) groups excluding carboxylic acids is 1. The van der Waals surface area contributed by atoms with E-state index < -0.39 is 5.97 Å². The van der Waals surface area contributed by atoms with Crippen LogP contribution in [-0.2, 0) is 11.2 Å². The highest BCUT2D eigenvalue weighted by atomic mass is 16.5. The molecular formula is C15H12O2. The maximum absolute atomic E-state index is 10.9. The average molecular weight is 224 g/mol. The van der Waals surface area contributed by atoms with Gasteiger partial charge in [0.1, 0.15) is 5.75 Å². The van der Waals surface area contributed by atoms with Gasteiger partial charge in [0.25, 0.3) is 0 Å². The molecule has 0 fully saturated rings. The highest BCUT2D eigenvalue weighted by Crippen LogP contribution is 2.18. The van der Waals surface area contributed by atoms with Crippen LogP contribution < -0.4 is 4.74 Å². The van der Waals surface area contributed by atoms with Crippen molar-refractivity contribution < 1.29 is 9.53 Å². The monoisotopic (exact) mass is 224 g/mol. The molecule has 0 aliphatic heterocycles. The molecule has 1 aromatic carbocycles. The highest BCUT2D eigenvalue weighted by molar-refractivity contribution is 5.89. The molecule has 0 saturated carbocycles. The molecule has 84 valence electrons. The zero-order valence-corrected chi connectivity index (χ0v) is 9.30. The predicted octanol–water partition coefficient (Wildman–Crippen LogP) is 2.51. The Morgan fingerprint density at radius 3 is 2.47 bits per heavy atom. The highest BCUT2D eigenvalue weighted by Gasteiger charge is 2.06. The van der Waals surface area contributed by atoms with Crippen LogP contribution in [-0.4, -0.2) is 5.97 Å². The maximum Gasteiger partial charge on any atom is 0.389 e. The lowest BCUT2D eigenvalue weighted by Gasteiger charge is -2.06. The van der Waals surface area contributed by atoms with Crippen molar-refractivity contribution in [2.45, 2.75) is 6.42 Å². The van der Waals surface area contributed by atoms with Gasteiger partial charge in [0, 0.05) is 5.92 Å². The molecule has 0 N–H and O–H groups in total. The molecule has 0 bridgehead atoms. The molecule has 1 aliphatic rings. The van der Waals surface area contributed by atoms with Gasteiger partial charge in [-0.05, 0) is 30.0 Å². The Morgan fingerprint density at radius 2 is 1.88 bits per heavy atom. The molecule has 1 aromatic rings. The summed E-state index contributed by atoms with van der Waals surface area (Å²) in [6.45, 7) is 0. The Morgan fingerprint density at radius 1 is 1.24 bits per heavy atom. The van der Waals surface area contributed by atoms with Crippen molar-refractivity contribution in [2.24, 2.45) is 5.92 Å². The van der Waals surface area contributed by atoms with Gasteiger partial charge >= 0.3 is 5.97 Å². The van der Waals surface area contributed by atoms with Gasteiger partial charge in [-0.15, -0.1) is 6.42 Å². The number of hydrogen-bond donors (Lipinski definition) is 0. The van der Waals surface area contributed by atoms with Gasteiger partial charge in [0.2, 0.25) is 0 Å². The van der Waals surface area contributed by atoms with Crippen LogP contribution in [0, 0.1) is 18.3 Å². The molecule has 0 aromatic heterocycles. The zero-order valence-electron chi connectivity index (χ0n) is 9.30. The van der Waals surface area contributed by atoms with E-state index in [-0.39, 0.29) is 0 Å². The summed E-state index contributed by atoms with van der Waals surface area (Å²) < 4.78 is 4.89. The van der Waals surface area contributed by atoms with Gasteiger partial charge in [-0.25, -0.2) is 4.79 Å². The van der Waals surface area contributed by atoms with Crippen molar-refractivity contribution in [3.05, 3.63) is 54.1 Å². The van der Waals surface area contributed by atoms with Crippen molar-refractivity contribution in [2.75, 3.05) is 0 Å². The second-order valence-corrected chi connectivity index (χ2v) is 3.82. The van der Waals surface area contributed by atoms with Crippen molar-refractivity contribution in [3.63, 3.8) is 0 Å². The molecule has 2 rings (SSSR count). The van der Waals surface area contributed by atoms with Gasteiger partial charge in [-0.3, -0.25) is 0 Å². The third-order valence-electron chi connectivity index (χ3n) is 2.55. The molecule has 0 unspecified atom stereocenters. The van der Waals surface area contributed by atoms with E-state index in [2.05, 4.69) is 12.2 Å².